The predicted octanol–water partition coefficient (Wildman–Crippen LogP) is 7.55. The average molecular weight is 712 g/mol. The van der Waals surface area contributed by atoms with Gasteiger partial charge in [-0.05, 0) is 25.7 Å². The summed E-state index contributed by atoms with van der Waals surface area (Å²) in [6, 6.07) is -0.813. The fourth-order valence-electron chi connectivity index (χ4n) is 6.39. The number of unbranched alkanes of at least 4 members (excludes halogenated alkanes) is 21. The average Bonchev–Trinajstić information content (AvgIpc) is 3.11. The van der Waals surface area contributed by atoms with E-state index in [0.29, 0.717) is 6.42 Å². The Morgan fingerprint density at radius 1 is 0.660 bits per heavy atom. The number of allylic oxidation sites excluding steroid dienone is 3. The molecule has 0 bridgehead atoms. The van der Waals surface area contributed by atoms with Crippen molar-refractivity contribution in [1.82, 2.24) is 5.32 Å². The zero-order valence-electron chi connectivity index (χ0n) is 31.9. The molecule has 0 saturated carbocycles. The molecule has 1 amide bonds. The molecule has 7 atom stereocenters. The summed E-state index contributed by atoms with van der Waals surface area (Å²) in [6.07, 6.45) is 29.6. The molecule has 1 saturated heterocycles. The van der Waals surface area contributed by atoms with Crippen LogP contribution in [0.4, 0.5) is 0 Å². The molecule has 6 N–H and O–H groups in total. The number of aliphatic hydroxyl groups is 5. The molecule has 1 rings (SSSR count). The van der Waals surface area contributed by atoms with Gasteiger partial charge >= 0.3 is 0 Å². The van der Waals surface area contributed by atoms with Crippen LogP contribution in [0, 0.1) is 0 Å². The van der Waals surface area contributed by atoms with Crippen LogP contribution in [0.1, 0.15) is 174 Å². The molecule has 0 aromatic heterocycles. The summed E-state index contributed by atoms with van der Waals surface area (Å²) in [5, 5.41) is 53.8. The molecule has 50 heavy (non-hydrogen) atoms. The van der Waals surface area contributed by atoms with Crippen LogP contribution in [0.3, 0.4) is 0 Å². The van der Waals surface area contributed by atoms with Crippen LogP contribution in [0.15, 0.2) is 24.3 Å². The summed E-state index contributed by atoms with van der Waals surface area (Å²) < 4.78 is 11.1. The molecular weight excluding hydrogens is 634 g/mol. The van der Waals surface area contributed by atoms with Gasteiger partial charge in [-0.1, -0.05) is 167 Å². The summed E-state index contributed by atoms with van der Waals surface area (Å²) >= 11 is 0. The minimum Gasteiger partial charge on any atom is -0.394 e. The predicted molar refractivity (Wildman–Crippen MR) is 203 cm³/mol. The number of carbonyl (C=O) groups excluding carboxylic acids is 1. The SMILES string of the molecule is CCCC/C=C/CC/C=C/C(O)C(COC1OC(CO)C(O)C(O)C1O)NC(=O)CCCCCCCCCCCCCCCCCCCCC. The van der Waals surface area contributed by atoms with Gasteiger partial charge in [-0.25, -0.2) is 0 Å². The highest BCUT2D eigenvalue weighted by Crippen LogP contribution is 2.22. The van der Waals surface area contributed by atoms with Gasteiger partial charge in [0.25, 0.3) is 0 Å². The molecule has 1 aliphatic heterocycles. The standard InChI is InChI=1S/C41H77NO8/c1-3-5-7-9-11-13-14-15-16-17-18-19-20-21-22-23-25-27-29-31-37(45)42-34(35(44)30-28-26-24-12-10-8-6-4-2)33-49-41-40(48)39(47)38(46)36(32-43)50-41/h10,12,28,30,34-36,38-41,43-44,46-48H,3-9,11,13-27,29,31-33H2,1-2H3,(H,42,45)/b12-10+,30-28+. The second kappa shape index (κ2) is 32.3. The Balaban J connectivity index is 2.31. The number of hydrogen-bond acceptors (Lipinski definition) is 8. The highest BCUT2D eigenvalue weighted by atomic mass is 16.7. The van der Waals surface area contributed by atoms with Crippen LogP contribution < -0.4 is 5.32 Å². The first-order valence-corrected chi connectivity index (χ1v) is 20.6. The summed E-state index contributed by atoms with van der Waals surface area (Å²) in [7, 11) is 0. The normalized spacial score (nSPS) is 22.4. The first-order valence-electron chi connectivity index (χ1n) is 20.6. The molecule has 9 nitrogen and oxygen atoms in total. The quantitative estimate of drug-likeness (QED) is 0.0302. The number of nitrogens with one attached hydrogen (secondary N) is 1. The van der Waals surface area contributed by atoms with Crippen molar-refractivity contribution in [2.45, 2.75) is 217 Å². The maximum Gasteiger partial charge on any atom is 0.220 e. The highest BCUT2D eigenvalue weighted by molar-refractivity contribution is 5.76. The number of hydrogen-bond donors (Lipinski definition) is 6. The highest BCUT2D eigenvalue weighted by Gasteiger charge is 2.44. The number of aliphatic hydroxyl groups excluding tert-OH is 5. The van der Waals surface area contributed by atoms with Crippen LogP contribution >= 0.6 is 0 Å². The van der Waals surface area contributed by atoms with Crippen molar-refractivity contribution >= 4 is 5.91 Å². The van der Waals surface area contributed by atoms with Crippen LogP contribution in [-0.2, 0) is 14.3 Å². The van der Waals surface area contributed by atoms with E-state index in [1.165, 1.54) is 109 Å². The largest absolute Gasteiger partial charge is 0.394 e. The summed E-state index contributed by atoms with van der Waals surface area (Å²) in [5.74, 6) is -0.189. The molecule has 1 heterocycles. The molecule has 294 valence electrons. The van der Waals surface area contributed by atoms with Crippen LogP contribution in [0.5, 0.6) is 0 Å². The molecular formula is C41H77NO8. The van der Waals surface area contributed by atoms with Crippen LogP contribution in [-0.4, -0.2) is 87.5 Å². The second-order valence-corrected chi connectivity index (χ2v) is 14.4. The Morgan fingerprint density at radius 3 is 1.66 bits per heavy atom. The smallest absolute Gasteiger partial charge is 0.220 e. The van der Waals surface area contributed by atoms with Crippen LogP contribution in [0.2, 0.25) is 0 Å². The first kappa shape index (κ1) is 46.7. The van der Waals surface area contributed by atoms with E-state index in [0.717, 1.165) is 44.9 Å². The van der Waals surface area contributed by atoms with Gasteiger partial charge in [0, 0.05) is 6.42 Å². The van der Waals surface area contributed by atoms with Crippen molar-refractivity contribution < 1.29 is 39.8 Å². The van der Waals surface area contributed by atoms with Gasteiger partial charge in [-0.15, -0.1) is 0 Å². The molecule has 0 aromatic rings. The third kappa shape index (κ3) is 23.3. The van der Waals surface area contributed by atoms with Gasteiger partial charge in [-0.2, -0.15) is 0 Å². The van der Waals surface area contributed by atoms with E-state index in [1.807, 2.05) is 6.08 Å². The van der Waals surface area contributed by atoms with Gasteiger partial charge in [0.1, 0.15) is 24.4 Å². The van der Waals surface area contributed by atoms with Crippen molar-refractivity contribution in [1.29, 1.82) is 0 Å². The minimum absolute atomic E-state index is 0.189. The van der Waals surface area contributed by atoms with E-state index in [1.54, 1.807) is 6.08 Å². The first-order chi connectivity index (χ1) is 24.3. The van der Waals surface area contributed by atoms with Crippen LogP contribution in [0.25, 0.3) is 0 Å². The van der Waals surface area contributed by atoms with E-state index in [4.69, 9.17) is 9.47 Å². The summed E-state index contributed by atoms with van der Waals surface area (Å²) in [5.41, 5.74) is 0. The number of ether oxygens (including phenoxy) is 2. The Hall–Kier alpha value is -1.33. The molecule has 1 fully saturated rings. The van der Waals surface area contributed by atoms with Crippen molar-refractivity contribution in [2.75, 3.05) is 13.2 Å². The monoisotopic (exact) mass is 712 g/mol. The Labute approximate surface area is 305 Å². The van der Waals surface area contributed by atoms with Gasteiger partial charge in [0.2, 0.25) is 5.91 Å². The lowest BCUT2D eigenvalue weighted by molar-refractivity contribution is -0.302. The van der Waals surface area contributed by atoms with Crippen molar-refractivity contribution in [3.63, 3.8) is 0 Å². The van der Waals surface area contributed by atoms with Gasteiger partial charge < -0.3 is 40.3 Å². The van der Waals surface area contributed by atoms with E-state index >= 15 is 0 Å². The molecule has 0 aliphatic carbocycles. The van der Waals surface area contributed by atoms with Crippen molar-refractivity contribution in [2.24, 2.45) is 0 Å². The molecule has 7 unspecified atom stereocenters. The molecule has 9 heteroatoms. The van der Waals surface area contributed by atoms with E-state index < -0.39 is 49.5 Å². The lowest BCUT2D eigenvalue weighted by Crippen LogP contribution is -2.60. The Bertz CT molecular complexity index is 837. The Morgan fingerprint density at radius 2 is 1.14 bits per heavy atom. The van der Waals surface area contributed by atoms with Gasteiger partial charge in [0.15, 0.2) is 6.29 Å². The number of amides is 1. The lowest BCUT2D eigenvalue weighted by atomic mass is 9.99. The molecule has 0 aromatic carbocycles. The lowest BCUT2D eigenvalue weighted by Gasteiger charge is -2.40. The zero-order valence-corrected chi connectivity index (χ0v) is 31.9. The van der Waals surface area contributed by atoms with Crippen molar-refractivity contribution in [3.05, 3.63) is 24.3 Å². The fraction of sp³-hybridized carbons (Fsp3) is 0.878. The number of carbonyl (C=O) groups is 1. The maximum atomic E-state index is 12.9. The zero-order chi connectivity index (χ0) is 36.7. The van der Waals surface area contributed by atoms with E-state index in [9.17, 15) is 30.3 Å². The topological polar surface area (TPSA) is 149 Å². The third-order valence-corrected chi connectivity index (χ3v) is 9.78. The number of rotatable bonds is 33. The maximum absolute atomic E-state index is 12.9. The van der Waals surface area contributed by atoms with Gasteiger partial charge in [0.05, 0.1) is 25.4 Å². The molecule has 0 radical (unpaired) electrons. The second-order valence-electron chi connectivity index (χ2n) is 14.4. The minimum atomic E-state index is -1.57. The van der Waals surface area contributed by atoms with Gasteiger partial charge in [-0.3, -0.25) is 4.79 Å². The summed E-state index contributed by atoms with van der Waals surface area (Å²) in [6.45, 7) is 3.67. The fourth-order valence-corrected chi connectivity index (χ4v) is 6.39. The van der Waals surface area contributed by atoms with E-state index in [-0.39, 0.29) is 12.5 Å². The van der Waals surface area contributed by atoms with E-state index in [2.05, 4.69) is 31.3 Å². The van der Waals surface area contributed by atoms with Crippen molar-refractivity contribution in [3.8, 4) is 0 Å². The molecule has 1 aliphatic rings. The molecule has 0 spiro atoms. The Kier molecular flexibility index (Phi) is 30.2. The summed E-state index contributed by atoms with van der Waals surface area (Å²) in [4.78, 5) is 12.9. The third-order valence-electron chi connectivity index (χ3n) is 9.78.